The van der Waals surface area contributed by atoms with Crippen molar-refractivity contribution < 1.29 is 9.14 Å². The number of hydrogen-bond donors (Lipinski definition) is 2. The summed E-state index contributed by atoms with van der Waals surface area (Å²) in [6, 6.07) is 13.9. The highest BCUT2D eigenvalue weighted by Crippen LogP contribution is 2.33. The van der Waals surface area contributed by atoms with Crippen molar-refractivity contribution in [3.8, 4) is 22.4 Å². The van der Waals surface area contributed by atoms with Gasteiger partial charge in [-0.15, -0.1) is 9.38 Å². The lowest BCUT2D eigenvalue weighted by atomic mass is 9.99. The number of aromatic nitrogens is 5. The molecule has 8 nitrogen and oxygen atoms in total. The fourth-order valence-electron chi connectivity index (χ4n) is 4.55. The Hall–Kier alpha value is -3.52. The molecule has 0 amide bonds. The molecule has 0 radical (unpaired) electrons. The van der Waals surface area contributed by atoms with Crippen LogP contribution in [0.15, 0.2) is 47.3 Å². The smallest absolute Gasteiger partial charge is 0.381 e. The number of nitrogens with one attached hydrogen (secondary N) is 1. The number of ether oxygens (including phenoxy) is 1. The third kappa shape index (κ3) is 3.67. The maximum Gasteiger partial charge on any atom is 0.428 e. The molecule has 0 bridgehead atoms. The second kappa shape index (κ2) is 8.20. The summed E-state index contributed by atoms with van der Waals surface area (Å²) >= 11 is 0. The van der Waals surface area contributed by atoms with E-state index in [-0.39, 0.29) is 17.6 Å². The van der Waals surface area contributed by atoms with Gasteiger partial charge in [-0.25, -0.2) is 9.89 Å². The predicted molar refractivity (Wildman–Crippen MR) is 122 cm³/mol. The minimum absolute atomic E-state index is 0.157. The Labute approximate surface area is 185 Å². The second-order valence-electron chi connectivity index (χ2n) is 8.47. The Morgan fingerprint density at radius 3 is 2.59 bits per heavy atom. The van der Waals surface area contributed by atoms with Gasteiger partial charge in [0.15, 0.2) is 0 Å². The van der Waals surface area contributed by atoms with Crippen LogP contribution in [0.2, 0.25) is 0 Å². The number of anilines is 1. The maximum absolute atomic E-state index is 13.3. The van der Waals surface area contributed by atoms with E-state index in [1.54, 1.807) is 4.68 Å². The van der Waals surface area contributed by atoms with Crippen molar-refractivity contribution in [3.05, 3.63) is 64.3 Å². The van der Waals surface area contributed by atoms with Crippen molar-refractivity contribution in [1.82, 2.24) is 19.7 Å². The SMILES string of the molecule is Cc1cc(-c2c(-c3ccccc3)nc(N)[n+]3c(=O)n(CC4CCCOC4)[nH]c23)cc(C)n1. The first-order valence-electron chi connectivity index (χ1n) is 10.9. The molecule has 5 rings (SSSR count). The molecular weight excluding hydrogens is 404 g/mol. The van der Waals surface area contributed by atoms with Crippen LogP contribution < -0.4 is 15.8 Å². The van der Waals surface area contributed by atoms with Crippen molar-refractivity contribution in [1.29, 1.82) is 0 Å². The molecule has 1 aliphatic heterocycles. The number of aryl methyl sites for hydroxylation is 2. The average molecular weight is 432 g/mol. The highest BCUT2D eigenvalue weighted by atomic mass is 16.5. The number of rotatable bonds is 4. The summed E-state index contributed by atoms with van der Waals surface area (Å²) in [4.78, 5) is 22.5. The lowest BCUT2D eigenvalue weighted by Gasteiger charge is -2.20. The largest absolute Gasteiger partial charge is 0.428 e. The Morgan fingerprint density at radius 2 is 1.91 bits per heavy atom. The van der Waals surface area contributed by atoms with Gasteiger partial charge in [-0.2, -0.15) is 4.68 Å². The van der Waals surface area contributed by atoms with Gasteiger partial charge in [0.25, 0.3) is 0 Å². The van der Waals surface area contributed by atoms with E-state index in [1.807, 2.05) is 56.3 Å². The predicted octanol–water partition coefficient (Wildman–Crippen LogP) is 2.66. The molecular formula is C24H27N6O2+. The molecule has 8 heteroatoms. The van der Waals surface area contributed by atoms with E-state index in [4.69, 9.17) is 15.5 Å². The number of hydrogen-bond acceptors (Lipinski definition) is 5. The van der Waals surface area contributed by atoms with Crippen LogP contribution in [0.4, 0.5) is 5.95 Å². The van der Waals surface area contributed by atoms with Crippen LogP contribution in [0.3, 0.4) is 0 Å². The quantitative estimate of drug-likeness (QED) is 0.484. The molecule has 164 valence electrons. The van der Waals surface area contributed by atoms with Crippen LogP contribution in [0.5, 0.6) is 0 Å². The van der Waals surface area contributed by atoms with Gasteiger partial charge >= 0.3 is 11.6 Å². The van der Waals surface area contributed by atoms with E-state index < -0.39 is 0 Å². The normalized spacial score (nSPS) is 16.5. The Balaban J connectivity index is 1.77. The molecule has 4 aromatic rings. The zero-order chi connectivity index (χ0) is 22.2. The average Bonchev–Trinajstić information content (AvgIpc) is 3.10. The first kappa shape index (κ1) is 20.4. The third-order valence-corrected chi connectivity index (χ3v) is 5.93. The van der Waals surface area contributed by atoms with Gasteiger partial charge in [0.1, 0.15) is 5.69 Å². The van der Waals surface area contributed by atoms with Crippen molar-refractivity contribution >= 4 is 11.6 Å². The lowest BCUT2D eigenvalue weighted by molar-refractivity contribution is -0.516. The number of nitrogen functional groups attached to an aromatic ring is 1. The first-order valence-corrected chi connectivity index (χ1v) is 10.9. The van der Waals surface area contributed by atoms with E-state index in [2.05, 4.69) is 10.1 Å². The maximum atomic E-state index is 13.3. The molecule has 0 saturated carbocycles. The molecule has 4 heterocycles. The molecule has 0 aliphatic carbocycles. The minimum atomic E-state index is -0.223. The van der Waals surface area contributed by atoms with Crippen molar-refractivity contribution in [3.63, 3.8) is 0 Å². The summed E-state index contributed by atoms with van der Waals surface area (Å²) in [6.07, 6.45) is 2.04. The molecule has 3 N–H and O–H groups in total. The van der Waals surface area contributed by atoms with E-state index in [0.29, 0.717) is 18.8 Å². The third-order valence-electron chi connectivity index (χ3n) is 5.93. The van der Waals surface area contributed by atoms with E-state index in [0.717, 1.165) is 53.2 Å². The molecule has 0 spiro atoms. The van der Waals surface area contributed by atoms with Crippen LogP contribution >= 0.6 is 0 Å². The van der Waals surface area contributed by atoms with Crippen LogP contribution in [0.1, 0.15) is 24.2 Å². The topological polar surface area (TPSA) is 103 Å². The Bertz CT molecular complexity index is 1320. The number of H-pyrrole nitrogens is 1. The van der Waals surface area contributed by atoms with Gasteiger partial charge in [-0.05, 0) is 44.4 Å². The Morgan fingerprint density at radius 1 is 1.16 bits per heavy atom. The molecule has 1 unspecified atom stereocenters. The van der Waals surface area contributed by atoms with E-state index in [1.165, 1.54) is 4.40 Å². The molecule has 1 atom stereocenters. The second-order valence-corrected chi connectivity index (χ2v) is 8.47. The number of benzene rings is 1. The minimum Gasteiger partial charge on any atom is -0.381 e. The highest BCUT2D eigenvalue weighted by Gasteiger charge is 2.27. The van der Waals surface area contributed by atoms with Crippen LogP contribution in [0.25, 0.3) is 28.0 Å². The molecule has 32 heavy (non-hydrogen) atoms. The zero-order valence-corrected chi connectivity index (χ0v) is 18.3. The van der Waals surface area contributed by atoms with Crippen LogP contribution in [0, 0.1) is 19.8 Å². The molecule has 1 saturated heterocycles. The van der Waals surface area contributed by atoms with Crippen LogP contribution in [-0.4, -0.2) is 33.0 Å². The summed E-state index contributed by atoms with van der Waals surface area (Å²) in [6.45, 7) is 5.92. The number of nitrogens with zero attached hydrogens (tertiary/aromatic N) is 4. The van der Waals surface area contributed by atoms with Gasteiger partial charge in [-0.1, -0.05) is 30.3 Å². The summed E-state index contributed by atoms with van der Waals surface area (Å²) < 4.78 is 8.71. The van der Waals surface area contributed by atoms with Crippen LogP contribution in [-0.2, 0) is 11.3 Å². The summed E-state index contributed by atoms with van der Waals surface area (Å²) in [7, 11) is 0. The zero-order valence-electron chi connectivity index (χ0n) is 18.3. The first-order chi connectivity index (χ1) is 15.5. The van der Waals surface area contributed by atoms with E-state index >= 15 is 0 Å². The lowest BCUT2D eigenvalue weighted by Crippen LogP contribution is -2.45. The highest BCUT2D eigenvalue weighted by molar-refractivity contribution is 5.88. The number of fused-ring (bicyclic) bond motifs is 1. The van der Waals surface area contributed by atoms with Gasteiger partial charge in [0, 0.05) is 29.5 Å². The van der Waals surface area contributed by atoms with Crippen molar-refractivity contribution in [2.24, 2.45) is 5.92 Å². The fraction of sp³-hybridized carbons (Fsp3) is 0.333. The number of nitrogens with two attached hydrogens (primary N) is 1. The van der Waals surface area contributed by atoms with Crippen molar-refractivity contribution in [2.75, 3.05) is 18.9 Å². The molecule has 1 aromatic carbocycles. The summed E-state index contributed by atoms with van der Waals surface area (Å²) in [5, 5.41) is 3.34. The summed E-state index contributed by atoms with van der Waals surface area (Å²) in [5.41, 5.74) is 12.0. The molecule has 1 aliphatic rings. The monoisotopic (exact) mass is 431 g/mol. The van der Waals surface area contributed by atoms with Gasteiger partial charge in [-0.3, -0.25) is 4.98 Å². The van der Waals surface area contributed by atoms with E-state index in [9.17, 15) is 4.79 Å². The van der Waals surface area contributed by atoms with Gasteiger partial charge < -0.3 is 10.5 Å². The number of pyridine rings is 1. The van der Waals surface area contributed by atoms with Crippen molar-refractivity contribution in [2.45, 2.75) is 33.2 Å². The summed E-state index contributed by atoms with van der Waals surface area (Å²) in [5.74, 6) is 0.441. The standard InChI is InChI=1S/C24H26N6O2/c1-15-11-19(12-16(2)26-15)20-21(18-8-4-3-5-9-18)27-23(25)30-22(20)28-29(24(30)31)13-17-7-6-10-32-14-17/h3-5,8-9,11-12,17H,6-7,10,13-14H2,1-2H3,(H2,25,26,27,28)/p+1. The molecule has 3 aromatic heterocycles. The van der Waals surface area contributed by atoms with Gasteiger partial charge in [0.05, 0.1) is 18.7 Å². The Kier molecular flexibility index (Phi) is 5.22. The number of aromatic amines is 1. The fourth-order valence-corrected chi connectivity index (χ4v) is 4.55. The molecule has 1 fully saturated rings. The van der Waals surface area contributed by atoms with Gasteiger partial charge in [0.2, 0.25) is 5.65 Å².